The van der Waals surface area contributed by atoms with Crippen LogP contribution in [0.3, 0.4) is 0 Å². The minimum atomic E-state index is -0.400. The number of phenolic OH excluding ortho intramolecular Hbond substituents is 1. The van der Waals surface area contributed by atoms with Gasteiger partial charge in [-0.3, -0.25) is 14.4 Å². The van der Waals surface area contributed by atoms with E-state index >= 15 is 0 Å². The SMILES string of the molecule is O=C(NCC(=O)N1CCN(C(=O)CCCCC(c2ccc(F)cc2)c2ccc(F)cc2)CC1)c1ccc(O)cc1. The molecule has 1 fully saturated rings. The van der Waals surface area contributed by atoms with E-state index in [4.69, 9.17) is 0 Å². The molecule has 0 radical (unpaired) electrons. The van der Waals surface area contributed by atoms with Gasteiger partial charge in [0.25, 0.3) is 5.91 Å². The predicted molar refractivity (Wildman–Crippen MR) is 147 cm³/mol. The van der Waals surface area contributed by atoms with Gasteiger partial charge < -0.3 is 20.2 Å². The molecule has 40 heavy (non-hydrogen) atoms. The number of unbranched alkanes of at least 4 members (excludes halogenated alkanes) is 1. The third kappa shape index (κ3) is 7.88. The minimum absolute atomic E-state index is 0.0274. The average molecular weight is 550 g/mol. The zero-order chi connectivity index (χ0) is 28.5. The average Bonchev–Trinajstić information content (AvgIpc) is 2.97. The van der Waals surface area contributed by atoms with Crippen LogP contribution in [0.2, 0.25) is 0 Å². The Morgan fingerprint density at radius 3 is 1.75 bits per heavy atom. The van der Waals surface area contributed by atoms with Gasteiger partial charge in [-0.15, -0.1) is 0 Å². The number of hydrogen-bond acceptors (Lipinski definition) is 4. The molecule has 210 valence electrons. The number of hydrogen-bond donors (Lipinski definition) is 2. The number of carbonyl (C=O) groups excluding carboxylic acids is 3. The Morgan fingerprint density at radius 1 is 0.725 bits per heavy atom. The predicted octanol–water partition coefficient (Wildman–Crippen LogP) is 4.46. The second-order valence-electron chi connectivity index (χ2n) is 9.89. The van der Waals surface area contributed by atoms with Gasteiger partial charge in [0.1, 0.15) is 17.4 Å². The van der Waals surface area contributed by atoms with Gasteiger partial charge >= 0.3 is 0 Å². The van der Waals surface area contributed by atoms with Gasteiger partial charge in [-0.05, 0) is 72.5 Å². The molecule has 3 aromatic carbocycles. The third-order valence-corrected chi connectivity index (χ3v) is 7.19. The summed E-state index contributed by atoms with van der Waals surface area (Å²) in [6, 6.07) is 18.4. The molecule has 0 bridgehead atoms. The van der Waals surface area contributed by atoms with Gasteiger partial charge in [-0.2, -0.15) is 0 Å². The van der Waals surface area contributed by atoms with E-state index in [1.54, 1.807) is 34.1 Å². The monoisotopic (exact) mass is 549 g/mol. The Morgan fingerprint density at radius 2 is 1.23 bits per heavy atom. The molecular weight excluding hydrogens is 516 g/mol. The highest BCUT2D eigenvalue weighted by molar-refractivity contribution is 5.96. The van der Waals surface area contributed by atoms with Crippen LogP contribution in [-0.4, -0.2) is 65.4 Å². The first kappa shape index (κ1) is 28.7. The number of amides is 3. The lowest BCUT2D eigenvalue weighted by molar-refractivity contribution is -0.139. The molecule has 0 unspecified atom stereocenters. The van der Waals surface area contributed by atoms with Crippen molar-refractivity contribution in [2.24, 2.45) is 0 Å². The molecule has 9 heteroatoms. The molecule has 3 amide bonds. The van der Waals surface area contributed by atoms with E-state index in [0.29, 0.717) is 44.6 Å². The topological polar surface area (TPSA) is 90.0 Å². The highest BCUT2D eigenvalue weighted by Gasteiger charge is 2.24. The number of piperazine rings is 1. The third-order valence-electron chi connectivity index (χ3n) is 7.19. The summed E-state index contributed by atoms with van der Waals surface area (Å²) in [4.78, 5) is 40.9. The molecule has 1 heterocycles. The van der Waals surface area contributed by atoms with E-state index in [1.807, 2.05) is 0 Å². The van der Waals surface area contributed by atoms with Crippen molar-refractivity contribution in [2.75, 3.05) is 32.7 Å². The molecule has 2 N–H and O–H groups in total. The lowest BCUT2D eigenvalue weighted by Gasteiger charge is -2.35. The molecule has 7 nitrogen and oxygen atoms in total. The van der Waals surface area contributed by atoms with Gasteiger partial charge in [0.2, 0.25) is 11.8 Å². The minimum Gasteiger partial charge on any atom is -0.508 e. The maximum absolute atomic E-state index is 13.5. The molecule has 4 rings (SSSR count). The Kier molecular flexibility index (Phi) is 9.83. The number of halogens is 2. The maximum atomic E-state index is 13.5. The summed E-state index contributed by atoms with van der Waals surface area (Å²) in [7, 11) is 0. The zero-order valence-electron chi connectivity index (χ0n) is 22.2. The summed E-state index contributed by atoms with van der Waals surface area (Å²) in [6.45, 7) is 1.53. The van der Waals surface area contributed by atoms with E-state index in [-0.39, 0.29) is 41.7 Å². The van der Waals surface area contributed by atoms with Gasteiger partial charge in [-0.25, -0.2) is 8.78 Å². The van der Waals surface area contributed by atoms with Crippen molar-refractivity contribution in [3.8, 4) is 5.75 Å². The zero-order valence-corrected chi connectivity index (χ0v) is 22.2. The highest BCUT2D eigenvalue weighted by atomic mass is 19.1. The normalized spacial score (nSPS) is 13.4. The van der Waals surface area contributed by atoms with Crippen molar-refractivity contribution in [3.63, 3.8) is 0 Å². The van der Waals surface area contributed by atoms with E-state index in [1.165, 1.54) is 48.5 Å². The summed E-state index contributed by atoms with van der Waals surface area (Å²) in [5.41, 5.74) is 2.24. The van der Waals surface area contributed by atoms with E-state index < -0.39 is 5.91 Å². The lowest BCUT2D eigenvalue weighted by Crippen LogP contribution is -2.52. The first-order valence-corrected chi connectivity index (χ1v) is 13.4. The fourth-order valence-electron chi connectivity index (χ4n) is 4.89. The smallest absolute Gasteiger partial charge is 0.251 e. The summed E-state index contributed by atoms with van der Waals surface area (Å²) in [6.07, 6.45) is 2.57. The van der Waals surface area contributed by atoms with Crippen LogP contribution in [0.15, 0.2) is 72.8 Å². The Balaban J connectivity index is 1.19. The number of phenols is 1. The van der Waals surface area contributed by atoms with Gasteiger partial charge in [0, 0.05) is 44.1 Å². The first-order chi connectivity index (χ1) is 19.3. The van der Waals surface area contributed by atoms with Crippen molar-refractivity contribution in [1.82, 2.24) is 15.1 Å². The van der Waals surface area contributed by atoms with Gasteiger partial charge in [0.15, 0.2) is 0 Å². The van der Waals surface area contributed by atoms with Crippen LogP contribution >= 0.6 is 0 Å². The van der Waals surface area contributed by atoms with Crippen LogP contribution in [0, 0.1) is 11.6 Å². The molecule has 0 aromatic heterocycles. The summed E-state index contributed by atoms with van der Waals surface area (Å²) in [5.74, 6) is -1.18. The number of rotatable bonds is 10. The standard InChI is InChI=1S/C31H33F2N3O4/c32-25-11-5-22(6-12-25)28(23-7-13-26(33)14-8-23)3-1-2-4-29(38)35-17-19-36(20-18-35)30(39)21-34-31(40)24-9-15-27(37)16-10-24/h5-16,28,37H,1-4,17-21H2,(H,34,40). The molecular formula is C31H33F2N3O4. The number of carbonyl (C=O) groups is 3. The fraction of sp³-hybridized carbons (Fsp3) is 0.323. The molecule has 0 aliphatic carbocycles. The van der Waals surface area contributed by atoms with Crippen LogP contribution in [0.5, 0.6) is 5.75 Å². The van der Waals surface area contributed by atoms with E-state index in [2.05, 4.69) is 5.32 Å². The van der Waals surface area contributed by atoms with Crippen LogP contribution in [0.1, 0.15) is 53.1 Å². The number of benzene rings is 3. The van der Waals surface area contributed by atoms with Gasteiger partial charge in [-0.1, -0.05) is 30.7 Å². The van der Waals surface area contributed by atoms with E-state index in [0.717, 1.165) is 24.0 Å². The first-order valence-electron chi connectivity index (χ1n) is 13.4. The summed E-state index contributed by atoms with van der Waals surface area (Å²) in [5, 5.41) is 11.9. The molecule has 0 atom stereocenters. The molecule has 1 aliphatic rings. The summed E-state index contributed by atoms with van der Waals surface area (Å²) < 4.78 is 26.9. The second-order valence-corrected chi connectivity index (χ2v) is 9.89. The molecule has 0 spiro atoms. The fourth-order valence-corrected chi connectivity index (χ4v) is 4.89. The molecule has 1 aliphatic heterocycles. The van der Waals surface area contributed by atoms with Crippen molar-refractivity contribution in [3.05, 3.63) is 101 Å². The number of nitrogens with zero attached hydrogens (tertiary/aromatic N) is 2. The van der Waals surface area contributed by atoms with Crippen LogP contribution in [0.4, 0.5) is 8.78 Å². The molecule has 1 saturated heterocycles. The quantitative estimate of drug-likeness (QED) is 0.366. The number of aromatic hydroxyl groups is 1. The van der Waals surface area contributed by atoms with Crippen LogP contribution in [0.25, 0.3) is 0 Å². The summed E-state index contributed by atoms with van der Waals surface area (Å²) >= 11 is 0. The Hall–Kier alpha value is -4.27. The second kappa shape index (κ2) is 13.7. The number of nitrogens with one attached hydrogen (secondary N) is 1. The molecule has 3 aromatic rings. The molecule has 0 saturated carbocycles. The van der Waals surface area contributed by atoms with Crippen LogP contribution in [-0.2, 0) is 9.59 Å². The van der Waals surface area contributed by atoms with Crippen molar-refractivity contribution >= 4 is 17.7 Å². The van der Waals surface area contributed by atoms with Crippen molar-refractivity contribution in [2.45, 2.75) is 31.6 Å². The lowest BCUT2D eigenvalue weighted by atomic mass is 9.87. The largest absolute Gasteiger partial charge is 0.508 e. The highest BCUT2D eigenvalue weighted by Crippen LogP contribution is 2.30. The van der Waals surface area contributed by atoms with Gasteiger partial charge in [0.05, 0.1) is 6.54 Å². The maximum Gasteiger partial charge on any atom is 0.251 e. The van der Waals surface area contributed by atoms with Crippen molar-refractivity contribution in [1.29, 1.82) is 0 Å². The van der Waals surface area contributed by atoms with Crippen molar-refractivity contribution < 1.29 is 28.3 Å². The Bertz CT molecular complexity index is 1240. The van der Waals surface area contributed by atoms with E-state index in [9.17, 15) is 28.3 Å². The Labute approximate surface area is 232 Å². The van der Waals surface area contributed by atoms with Crippen LogP contribution < -0.4 is 5.32 Å².